The van der Waals surface area contributed by atoms with Gasteiger partial charge in [0.2, 0.25) is 0 Å². The van der Waals surface area contributed by atoms with Crippen molar-refractivity contribution in [1.82, 2.24) is 5.32 Å². The Hall–Kier alpha value is -3.11. The highest BCUT2D eigenvalue weighted by molar-refractivity contribution is 5.90. The number of ether oxygens (including phenoxy) is 2. The van der Waals surface area contributed by atoms with Gasteiger partial charge in [-0.1, -0.05) is 48.1 Å². The molecule has 4 nitrogen and oxygen atoms in total. The van der Waals surface area contributed by atoms with E-state index in [9.17, 15) is 4.79 Å². The van der Waals surface area contributed by atoms with Crippen LogP contribution >= 0.6 is 0 Å². The zero-order valence-corrected chi connectivity index (χ0v) is 20.6. The fraction of sp³-hybridized carbons (Fsp3) is 0.367. The summed E-state index contributed by atoms with van der Waals surface area (Å²) in [6.45, 7) is 8.92. The quantitative estimate of drug-likeness (QED) is 0.464. The standard InChI is InChI=1S/C30H33NO3/c1-6-34-29(32)21-11-7-9-19(15-21)23-16-20-10-8-12-25(33-5)27(20)22-13-14-24-26(28(22)23)18(2)17-30(3,4)31-24/h7-15,17,23-24,26,31H,6,16H2,1-5H3. The third-order valence-electron chi connectivity index (χ3n) is 7.29. The summed E-state index contributed by atoms with van der Waals surface area (Å²) in [4.78, 5) is 12.5. The van der Waals surface area contributed by atoms with Crippen molar-refractivity contribution in [2.24, 2.45) is 5.92 Å². The average Bonchev–Trinajstić information content (AvgIpc) is 2.82. The van der Waals surface area contributed by atoms with Crippen molar-refractivity contribution in [3.63, 3.8) is 0 Å². The summed E-state index contributed by atoms with van der Waals surface area (Å²) in [5.74, 6) is 1.06. The summed E-state index contributed by atoms with van der Waals surface area (Å²) in [6.07, 6.45) is 7.82. The van der Waals surface area contributed by atoms with Crippen molar-refractivity contribution in [3.8, 4) is 5.75 Å². The van der Waals surface area contributed by atoms with Crippen molar-refractivity contribution in [2.45, 2.75) is 51.6 Å². The minimum absolute atomic E-state index is 0.0583. The highest BCUT2D eigenvalue weighted by atomic mass is 16.5. The first kappa shape index (κ1) is 22.7. The molecule has 0 fully saturated rings. The second kappa shape index (κ2) is 8.59. The maximum Gasteiger partial charge on any atom is 0.338 e. The molecule has 3 aliphatic rings. The van der Waals surface area contributed by atoms with E-state index in [1.165, 1.54) is 27.8 Å². The maximum absolute atomic E-state index is 12.5. The molecule has 0 aromatic heterocycles. The normalized spacial score (nSPS) is 24.5. The van der Waals surface area contributed by atoms with Gasteiger partial charge in [-0.25, -0.2) is 4.79 Å². The average molecular weight is 456 g/mol. The van der Waals surface area contributed by atoms with Crippen LogP contribution < -0.4 is 10.1 Å². The Morgan fingerprint density at radius 1 is 1.18 bits per heavy atom. The van der Waals surface area contributed by atoms with E-state index in [-0.39, 0.29) is 29.4 Å². The predicted molar refractivity (Wildman–Crippen MR) is 136 cm³/mol. The van der Waals surface area contributed by atoms with Crippen molar-refractivity contribution >= 4 is 11.5 Å². The number of esters is 1. The third kappa shape index (κ3) is 3.80. The smallest absolute Gasteiger partial charge is 0.338 e. The number of methoxy groups -OCH3 is 1. The highest BCUT2D eigenvalue weighted by Gasteiger charge is 2.42. The minimum Gasteiger partial charge on any atom is -0.496 e. The number of carbonyl (C=O) groups excluding carboxylic acids is 1. The number of nitrogens with one attached hydrogen (secondary N) is 1. The van der Waals surface area contributed by atoms with E-state index < -0.39 is 0 Å². The van der Waals surface area contributed by atoms with Gasteiger partial charge in [0.15, 0.2) is 0 Å². The molecule has 2 aromatic carbocycles. The first-order valence-corrected chi connectivity index (χ1v) is 12.2. The summed E-state index contributed by atoms with van der Waals surface area (Å²) in [5, 5.41) is 3.83. The van der Waals surface area contributed by atoms with Crippen LogP contribution in [-0.2, 0) is 11.2 Å². The number of benzene rings is 2. The summed E-state index contributed by atoms with van der Waals surface area (Å²) >= 11 is 0. The lowest BCUT2D eigenvalue weighted by atomic mass is 9.64. The minimum atomic E-state index is -0.269. The molecule has 0 amide bonds. The second-order valence-electron chi connectivity index (χ2n) is 10.1. The van der Waals surface area contributed by atoms with Crippen LogP contribution in [0.25, 0.3) is 5.57 Å². The molecule has 0 saturated carbocycles. The molecule has 0 radical (unpaired) electrons. The van der Waals surface area contributed by atoms with Crippen molar-refractivity contribution in [2.75, 3.05) is 13.7 Å². The molecule has 2 aromatic rings. The van der Waals surface area contributed by atoms with E-state index in [2.05, 4.69) is 68.6 Å². The fourth-order valence-corrected chi connectivity index (χ4v) is 6.14. The Bertz CT molecular complexity index is 1230. The predicted octanol–water partition coefficient (Wildman–Crippen LogP) is 5.85. The van der Waals surface area contributed by atoms with Crippen LogP contribution in [0.2, 0.25) is 0 Å². The summed E-state index contributed by atoms with van der Waals surface area (Å²) in [5.41, 5.74) is 8.22. The topological polar surface area (TPSA) is 47.6 Å². The lowest BCUT2D eigenvalue weighted by Gasteiger charge is -2.46. The largest absolute Gasteiger partial charge is 0.496 e. The summed E-state index contributed by atoms with van der Waals surface area (Å²) < 4.78 is 11.1. The van der Waals surface area contributed by atoms with E-state index in [4.69, 9.17) is 9.47 Å². The molecule has 34 heavy (non-hydrogen) atoms. The van der Waals surface area contributed by atoms with Gasteiger partial charge in [0, 0.05) is 29.0 Å². The fourth-order valence-electron chi connectivity index (χ4n) is 6.14. The van der Waals surface area contributed by atoms with E-state index in [0.717, 1.165) is 17.7 Å². The molecule has 0 saturated heterocycles. The lowest BCUT2D eigenvalue weighted by molar-refractivity contribution is 0.0526. The van der Waals surface area contributed by atoms with Gasteiger partial charge in [0.25, 0.3) is 0 Å². The van der Waals surface area contributed by atoms with Crippen LogP contribution in [0.15, 0.2) is 71.8 Å². The molecule has 0 bridgehead atoms. The van der Waals surface area contributed by atoms with Crippen LogP contribution in [0, 0.1) is 5.92 Å². The number of allylic oxidation sites excluding steroid dienone is 2. The van der Waals surface area contributed by atoms with Crippen LogP contribution in [0.1, 0.15) is 60.7 Å². The zero-order valence-electron chi connectivity index (χ0n) is 20.6. The van der Waals surface area contributed by atoms with Crippen LogP contribution in [0.3, 0.4) is 0 Å². The van der Waals surface area contributed by atoms with Crippen molar-refractivity contribution < 1.29 is 14.3 Å². The zero-order chi connectivity index (χ0) is 24.0. The SMILES string of the molecule is CCOC(=O)c1cccc(C2Cc3cccc(OC)c3C3=C2C2C(C)=CC(C)(C)NC2C=C3)c1. The molecule has 4 heteroatoms. The van der Waals surface area contributed by atoms with Gasteiger partial charge < -0.3 is 14.8 Å². The van der Waals surface area contributed by atoms with Gasteiger partial charge in [-0.15, -0.1) is 0 Å². The van der Waals surface area contributed by atoms with E-state index in [0.29, 0.717) is 12.2 Å². The maximum atomic E-state index is 12.5. The number of hydrogen-bond acceptors (Lipinski definition) is 4. The highest BCUT2D eigenvalue weighted by Crippen LogP contribution is 2.52. The number of carbonyl (C=O) groups is 1. The van der Waals surface area contributed by atoms with E-state index >= 15 is 0 Å². The molecular formula is C30H33NO3. The monoisotopic (exact) mass is 455 g/mol. The Kier molecular flexibility index (Phi) is 5.73. The molecule has 2 aliphatic carbocycles. The Balaban J connectivity index is 1.71. The molecule has 1 heterocycles. The molecule has 0 spiro atoms. The molecule has 5 rings (SSSR count). The van der Waals surface area contributed by atoms with Crippen molar-refractivity contribution in [3.05, 3.63) is 94.1 Å². The van der Waals surface area contributed by atoms with Gasteiger partial charge in [0.1, 0.15) is 5.75 Å². The first-order valence-electron chi connectivity index (χ1n) is 12.2. The van der Waals surface area contributed by atoms with Gasteiger partial charge in [0.05, 0.1) is 19.3 Å². The Morgan fingerprint density at radius 2 is 1.97 bits per heavy atom. The molecule has 3 unspecified atom stereocenters. The Labute approximate surface area is 202 Å². The molecule has 1 N–H and O–H groups in total. The van der Waals surface area contributed by atoms with Crippen LogP contribution in [0.4, 0.5) is 0 Å². The Morgan fingerprint density at radius 3 is 2.74 bits per heavy atom. The number of rotatable bonds is 4. The number of fused-ring (bicyclic) bond motifs is 4. The van der Waals surface area contributed by atoms with E-state index in [1.54, 1.807) is 7.11 Å². The molecular weight excluding hydrogens is 422 g/mol. The van der Waals surface area contributed by atoms with Gasteiger partial charge in [-0.3, -0.25) is 0 Å². The second-order valence-corrected chi connectivity index (χ2v) is 10.1. The number of hydrogen-bond donors (Lipinski definition) is 1. The van der Waals surface area contributed by atoms with Crippen LogP contribution in [-0.4, -0.2) is 31.3 Å². The molecule has 176 valence electrons. The molecule has 3 atom stereocenters. The first-order chi connectivity index (χ1) is 16.3. The lowest BCUT2D eigenvalue weighted by Crippen LogP contribution is -2.53. The molecule has 1 aliphatic heterocycles. The van der Waals surface area contributed by atoms with Gasteiger partial charge in [-0.05, 0) is 74.6 Å². The van der Waals surface area contributed by atoms with Crippen molar-refractivity contribution in [1.29, 1.82) is 0 Å². The van der Waals surface area contributed by atoms with E-state index in [1.807, 2.05) is 25.1 Å². The summed E-state index contributed by atoms with van der Waals surface area (Å²) in [6, 6.07) is 14.5. The summed E-state index contributed by atoms with van der Waals surface area (Å²) in [7, 11) is 1.75. The third-order valence-corrected chi connectivity index (χ3v) is 7.29. The van der Waals surface area contributed by atoms with Gasteiger partial charge >= 0.3 is 5.97 Å². The van der Waals surface area contributed by atoms with Gasteiger partial charge in [-0.2, -0.15) is 0 Å². The van der Waals surface area contributed by atoms with Crippen LogP contribution in [0.5, 0.6) is 5.75 Å².